The summed E-state index contributed by atoms with van der Waals surface area (Å²) < 4.78 is 27.9. The Labute approximate surface area is 767 Å². The fourth-order valence-corrected chi connectivity index (χ4v) is 16.0. The number of fused-ring (bicyclic) bond motifs is 1. The zero-order valence-corrected chi connectivity index (χ0v) is 73.2. The van der Waals surface area contributed by atoms with Crippen molar-refractivity contribution in [1.29, 1.82) is 10.8 Å². The largest absolute Gasteiger partial charge is 0.444 e. The highest BCUT2D eigenvalue weighted by Gasteiger charge is 2.48. The average Bonchev–Trinajstić information content (AvgIpc) is 1.61. The van der Waals surface area contributed by atoms with Crippen LogP contribution in [-0.4, -0.2) is 236 Å². The Morgan fingerprint density at radius 1 is 0.436 bits per heavy atom. The van der Waals surface area contributed by atoms with Crippen LogP contribution in [0.4, 0.5) is 28.8 Å². The highest BCUT2D eigenvalue weighted by Crippen LogP contribution is 2.31. The van der Waals surface area contributed by atoms with Crippen LogP contribution in [0.25, 0.3) is 0 Å². The van der Waals surface area contributed by atoms with Crippen LogP contribution in [0, 0.1) is 16.7 Å². The van der Waals surface area contributed by atoms with E-state index in [1.165, 1.54) is 26.8 Å². The van der Waals surface area contributed by atoms with Gasteiger partial charge in [0.05, 0.1) is 43.5 Å². The van der Waals surface area contributed by atoms with E-state index in [1.807, 2.05) is 6.07 Å². The second-order valence-electron chi connectivity index (χ2n) is 32.2. The van der Waals surface area contributed by atoms with Crippen LogP contribution in [0.15, 0.2) is 237 Å². The van der Waals surface area contributed by atoms with Crippen molar-refractivity contribution in [2.24, 2.45) is 11.7 Å². The number of hydrogen-bond donors (Lipinski definition) is 8. The molecule has 9 N–H and O–H groups in total. The van der Waals surface area contributed by atoms with Gasteiger partial charge in [-0.1, -0.05) is 224 Å². The summed E-state index contributed by atoms with van der Waals surface area (Å²) in [6.07, 6.45) is -4.00. The van der Waals surface area contributed by atoms with Gasteiger partial charge in [0.2, 0.25) is 41.5 Å². The average molecular weight is 1820 g/mol. The van der Waals surface area contributed by atoms with Gasteiger partial charge in [-0.3, -0.25) is 64.6 Å². The van der Waals surface area contributed by atoms with E-state index < -0.39 is 177 Å². The van der Waals surface area contributed by atoms with Gasteiger partial charge in [-0.2, -0.15) is 5.01 Å². The van der Waals surface area contributed by atoms with Gasteiger partial charge in [0.15, 0.2) is 11.6 Å². The summed E-state index contributed by atoms with van der Waals surface area (Å²) in [6.45, 7) is -4.01. The maximum absolute atomic E-state index is 15.3. The minimum atomic E-state index is -1.49. The number of ketones is 2. The lowest BCUT2D eigenvalue weighted by molar-refractivity contribution is -0.144. The standard InChI is InChI=1S/C97H106N16O20/c98-90(104-93(124)130-61-69-35-14-4-15-36-69)110(96(127)132-63-71-39-18-6-19-40-71)52-27-48-106(92(100)123)59-82(115)77(56-67-31-10-2-11-32-67)102-85(118)80-46-25-49-107(80)88(121)78(65-129-60-68-33-12-3-13-34-68)103-83(116)73(55-66-29-8-1-9-30-66)57-74(114)58-101-84(117)79-45-24-50-108(79)89(122)81-47-26-51-109(81)95(126)112(113-86(119)75-43-22-23-44-76(75)87(113)120)54-28-53-111(97(128)133-64-72-41-20-7-21-42-72)91(99)105-94(125)131-62-70-37-16-5-17-38-70/h1-23,29-44,73,77-81H,24-28,45-65H2,(H2,100,123)(H,101,117)(H,102,118)(H,103,116)(H2,98,104,124)(H2,99,105,125)/t73-,77+,78+,79+,80+,81+/m1/s1. The smallest absolute Gasteiger partial charge is 0.416 e. The first kappa shape index (κ1) is 96.6. The lowest BCUT2D eigenvalue weighted by Crippen LogP contribution is -2.59. The van der Waals surface area contributed by atoms with Crippen molar-refractivity contribution in [3.8, 4) is 0 Å². The van der Waals surface area contributed by atoms with Gasteiger partial charge in [-0.05, 0) is 115 Å². The Bertz CT molecular complexity index is 5410. The monoisotopic (exact) mass is 1810 g/mol. The fourth-order valence-electron chi connectivity index (χ4n) is 16.0. The maximum Gasteiger partial charge on any atom is 0.416 e. The molecule has 36 heteroatoms. The Morgan fingerprint density at radius 2 is 0.842 bits per heavy atom. The molecule has 133 heavy (non-hydrogen) atoms. The summed E-state index contributed by atoms with van der Waals surface area (Å²) in [5, 5.41) is 32.1. The molecule has 0 spiro atoms. The molecule has 15 amide bonds. The first-order valence-electron chi connectivity index (χ1n) is 43.9. The summed E-state index contributed by atoms with van der Waals surface area (Å²) in [5.41, 5.74) is 10.4. The molecule has 8 aromatic carbocycles. The lowest BCUT2D eigenvalue weighted by Gasteiger charge is -2.37. The number of rotatable bonds is 39. The fraction of sp³-hybridized carbons (Fsp3) is 0.330. The molecular formula is C97H106N16O20. The van der Waals surface area contributed by atoms with Gasteiger partial charge in [0.1, 0.15) is 50.6 Å². The van der Waals surface area contributed by atoms with Crippen molar-refractivity contribution in [3.63, 3.8) is 0 Å². The van der Waals surface area contributed by atoms with Gasteiger partial charge in [0, 0.05) is 58.2 Å². The summed E-state index contributed by atoms with van der Waals surface area (Å²) in [7, 11) is 0. The highest BCUT2D eigenvalue weighted by atomic mass is 16.6. The lowest BCUT2D eigenvalue weighted by atomic mass is 9.93. The maximum atomic E-state index is 15.3. The van der Waals surface area contributed by atoms with Gasteiger partial charge in [-0.25, -0.2) is 43.6 Å². The quantitative estimate of drug-likeness (QED) is 0.00770. The summed E-state index contributed by atoms with van der Waals surface area (Å²) in [5.74, 6) is -9.30. The van der Waals surface area contributed by atoms with Gasteiger partial charge in [-0.15, -0.1) is 0 Å². The number of nitrogens with two attached hydrogens (primary N) is 1. The molecule has 36 nitrogen and oxygen atoms in total. The van der Waals surface area contributed by atoms with Crippen LogP contribution >= 0.6 is 0 Å². The van der Waals surface area contributed by atoms with Crippen molar-refractivity contribution in [3.05, 3.63) is 287 Å². The molecular weight excluding hydrogens is 1710 g/mol. The zero-order chi connectivity index (χ0) is 94.1. The molecule has 0 bridgehead atoms. The van der Waals surface area contributed by atoms with Crippen LogP contribution in [0.2, 0.25) is 0 Å². The Morgan fingerprint density at radius 3 is 1.32 bits per heavy atom. The number of urea groups is 2. The van der Waals surface area contributed by atoms with E-state index >= 15 is 19.2 Å². The Balaban J connectivity index is 0.698. The summed E-state index contributed by atoms with van der Waals surface area (Å²) >= 11 is 0. The highest BCUT2D eigenvalue weighted by molar-refractivity contribution is 6.21. The number of hydrazine groups is 1. The van der Waals surface area contributed by atoms with Crippen molar-refractivity contribution in [1.82, 2.24) is 66.0 Å². The van der Waals surface area contributed by atoms with E-state index in [9.17, 15) is 52.7 Å². The third kappa shape index (κ3) is 27.3. The predicted molar refractivity (Wildman–Crippen MR) is 482 cm³/mol. The second-order valence-corrected chi connectivity index (χ2v) is 32.2. The molecule has 8 aromatic rings. The number of guanidine groups is 2. The molecule has 4 aliphatic rings. The third-order valence-electron chi connectivity index (χ3n) is 22.8. The van der Waals surface area contributed by atoms with Crippen LogP contribution in [0.3, 0.4) is 0 Å². The number of primary amides is 1. The first-order chi connectivity index (χ1) is 64.4. The summed E-state index contributed by atoms with van der Waals surface area (Å²) in [6, 6.07) is 58.7. The molecule has 4 aliphatic heterocycles. The first-order valence-corrected chi connectivity index (χ1v) is 43.9. The number of ether oxygens (including phenoxy) is 5. The number of alkyl carbamates (subject to hydrolysis) is 2. The van der Waals surface area contributed by atoms with Crippen LogP contribution in [-0.2, 0) is 103 Å². The van der Waals surface area contributed by atoms with E-state index in [2.05, 4.69) is 26.6 Å². The number of carbonyl (C=O) groups is 15. The van der Waals surface area contributed by atoms with Crippen LogP contribution in [0.1, 0.15) is 117 Å². The minimum absolute atomic E-state index is 0.0140. The molecule has 0 unspecified atom stereocenters. The van der Waals surface area contributed by atoms with Crippen molar-refractivity contribution in [2.75, 3.05) is 65.5 Å². The minimum Gasteiger partial charge on any atom is -0.444 e. The van der Waals surface area contributed by atoms with Crippen molar-refractivity contribution in [2.45, 2.75) is 134 Å². The molecule has 0 aromatic heterocycles. The third-order valence-corrected chi connectivity index (χ3v) is 22.8. The number of nitrogens with zero attached hydrogens (tertiary/aromatic N) is 8. The molecule has 3 saturated heterocycles. The van der Waals surface area contributed by atoms with E-state index in [0.717, 1.165) is 25.3 Å². The van der Waals surface area contributed by atoms with E-state index in [0.29, 0.717) is 51.2 Å². The predicted octanol–water partition coefficient (Wildman–Crippen LogP) is 9.16. The molecule has 6 atom stereocenters. The number of nitrogens with one attached hydrogen (secondary N) is 7. The number of hydrogen-bond acceptors (Lipinski definition) is 22. The number of carbonyl (C=O) groups excluding carboxylic acids is 15. The Kier molecular flexibility index (Phi) is 35.0. The van der Waals surface area contributed by atoms with E-state index in [4.69, 9.17) is 40.2 Å². The molecule has 4 heterocycles. The van der Waals surface area contributed by atoms with E-state index in [1.54, 1.807) is 218 Å². The topological polar surface area (TPSA) is 462 Å². The molecule has 3 fully saturated rings. The normalized spacial score (nSPS) is 15.5. The molecule has 0 saturated carbocycles. The Hall–Kier alpha value is -15.5. The number of benzene rings is 8. The number of Topliss-reactive ketones (excluding diaryl/α,β-unsaturated/α-hetero) is 2. The summed E-state index contributed by atoms with van der Waals surface area (Å²) in [4.78, 5) is 222. The van der Waals surface area contributed by atoms with Crippen LogP contribution in [0.5, 0.6) is 0 Å². The zero-order valence-electron chi connectivity index (χ0n) is 73.2. The van der Waals surface area contributed by atoms with Crippen molar-refractivity contribution < 1.29 is 95.6 Å². The number of amides is 15. The number of likely N-dealkylation sites (tertiary alicyclic amines) is 3. The van der Waals surface area contributed by atoms with Gasteiger partial charge >= 0.3 is 36.4 Å². The molecule has 694 valence electrons. The SMILES string of the molecule is N=C(NC(=O)OCc1ccccc1)N(CCCN(CC(=O)[C@H](Cc1ccccc1)NC(=O)[C@@H]1CCCN1C(=O)[C@H](COCc1ccccc1)NC(=O)[C@@H](CC(=O)CNC(=O)[C@@H]1CCCN1C(=O)[C@@H]1CCCN1C(=O)N(CCCN(C(=N)NC(=O)OCc1ccccc1)C(=O)OCc1ccccc1)N1C(=O)c2ccccc2C1=O)Cc1ccccc1)C(N)=O)C(=O)OCc1ccccc1. The van der Waals surface area contributed by atoms with Gasteiger partial charge in [0.25, 0.3) is 11.8 Å². The van der Waals surface area contributed by atoms with Crippen LogP contribution < -0.4 is 32.3 Å². The van der Waals surface area contributed by atoms with Gasteiger partial charge < -0.3 is 65.0 Å². The molecule has 0 radical (unpaired) electrons. The van der Waals surface area contributed by atoms with E-state index in [-0.39, 0.29) is 128 Å². The molecule has 0 aliphatic carbocycles. The number of imide groups is 1. The van der Waals surface area contributed by atoms with Crippen molar-refractivity contribution >= 4 is 101 Å². The molecule has 12 rings (SSSR count). The second kappa shape index (κ2) is 48.2.